The second kappa shape index (κ2) is 3.90. The van der Waals surface area contributed by atoms with Gasteiger partial charge in [0.15, 0.2) is 0 Å². The summed E-state index contributed by atoms with van der Waals surface area (Å²) in [5.41, 5.74) is 1.48. The molecule has 1 aromatic carbocycles. The normalized spacial score (nSPS) is 10.3. The first kappa shape index (κ1) is 9.97. The number of aromatic nitrogens is 3. The third-order valence-electron chi connectivity index (χ3n) is 2.11. The molecule has 0 atom stereocenters. The highest BCUT2D eigenvalue weighted by molar-refractivity contribution is 7.09. The molecular weight excluding hydrogens is 215 g/mol. The van der Waals surface area contributed by atoms with Crippen molar-refractivity contribution in [2.45, 2.75) is 6.92 Å². The summed E-state index contributed by atoms with van der Waals surface area (Å²) in [6, 6.07) is 4.90. The molecule has 0 spiro atoms. The lowest BCUT2D eigenvalue weighted by Crippen LogP contribution is -2.09. The first-order valence-electron chi connectivity index (χ1n) is 4.33. The summed E-state index contributed by atoms with van der Waals surface area (Å²) in [5.74, 6) is -0.206. The minimum absolute atomic E-state index is 0.206. The van der Waals surface area contributed by atoms with E-state index < -0.39 is 0 Å². The first-order chi connectivity index (χ1) is 7.18. The van der Waals surface area contributed by atoms with Crippen LogP contribution in [0.2, 0.25) is 0 Å². The lowest BCUT2D eigenvalue weighted by atomic mass is 10.2. The number of hydrogen-bond acceptors (Lipinski definition) is 5. The van der Waals surface area contributed by atoms with E-state index in [0.29, 0.717) is 10.7 Å². The second-order valence-corrected chi connectivity index (χ2v) is 3.85. The minimum atomic E-state index is -0.206. The van der Waals surface area contributed by atoms with Crippen LogP contribution in [0.4, 0.5) is 15.2 Å². The fourth-order valence-corrected chi connectivity index (χ4v) is 1.65. The van der Waals surface area contributed by atoms with Crippen molar-refractivity contribution in [2.75, 3.05) is 11.9 Å². The van der Waals surface area contributed by atoms with E-state index in [1.165, 1.54) is 17.6 Å². The van der Waals surface area contributed by atoms with Gasteiger partial charge in [0.1, 0.15) is 5.82 Å². The lowest BCUT2D eigenvalue weighted by Gasteiger charge is -2.15. The number of nitrogens with zero attached hydrogens (tertiary/aromatic N) is 4. The van der Waals surface area contributed by atoms with Gasteiger partial charge in [-0.25, -0.2) is 4.39 Å². The molecule has 0 bridgehead atoms. The minimum Gasteiger partial charge on any atom is -0.318 e. The molecule has 0 radical (unpaired) electrons. The highest BCUT2D eigenvalue weighted by atomic mass is 32.1. The van der Waals surface area contributed by atoms with E-state index in [2.05, 4.69) is 14.8 Å². The van der Waals surface area contributed by atoms with E-state index in [4.69, 9.17) is 0 Å². The zero-order chi connectivity index (χ0) is 10.8. The van der Waals surface area contributed by atoms with Crippen LogP contribution in [0.1, 0.15) is 5.56 Å². The Morgan fingerprint density at radius 1 is 1.40 bits per heavy atom. The SMILES string of the molecule is Cc1cc(N(C)c2nnns2)ccc1F. The Balaban J connectivity index is 2.34. The highest BCUT2D eigenvalue weighted by Crippen LogP contribution is 2.24. The second-order valence-electron chi connectivity index (χ2n) is 3.14. The van der Waals surface area contributed by atoms with Crippen molar-refractivity contribution in [2.24, 2.45) is 0 Å². The number of halogens is 1. The van der Waals surface area contributed by atoms with Crippen LogP contribution in [0.3, 0.4) is 0 Å². The van der Waals surface area contributed by atoms with Gasteiger partial charge < -0.3 is 4.90 Å². The largest absolute Gasteiger partial charge is 0.318 e. The maximum atomic E-state index is 13.0. The Bertz CT molecular complexity index is 457. The van der Waals surface area contributed by atoms with Gasteiger partial charge in [-0.3, -0.25) is 0 Å². The topological polar surface area (TPSA) is 41.9 Å². The molecule has 2 aromatic rings. The molecule has 1 heterocycles. The summed E-state index contributed by atoms with van der Waals surface area (Å²) in [6.07, 6.45) is 0. The van der Waals surface area contributed by atoms with Crippen LogP contribution < -0.4 is 4.90 Å². The van der Waals surface area contributed by atoms with Crippen LogP contribution >= 0.6 is 11.5 Å². The maximum absolute atomic E-state index is 13.0. The number of rotatable bonds is 2. The fraction of sp³-hybridized carbons (Fsp3) is 0.222. The lowest BCUT2D eigenvalue weighted by molar-refractivity contribution is 0.618. The van der Waals surface area contributed by atoms with Crippen molar-refractivity contribution in [1.82, 2.24) is 14.8 Å². The molecular formula is C9H9FN4S. The van der Waals surface area contributed by atoms with Gasteiger partial charge in [-0.05, 0) is 35.9 Å². The Labute approximate surface area is 90.5 Å². The molecule has 0 aliphatic rings. The van der Waals surface area contributed by atoms with Gasteiger partial charge >= 0.3 is 0 Å². The van der Waals surface area contributed by atoms with Gasteiger partial charge in [0, 0.05) is 24.3 Å². The Morgan fingerprint density at radius 2 is 2.20 bits per heavy atom. The van der Waals surface area contributed by atoms with Crippen LogP contribution in [0.25, 0.3) is 0 Å². The van der Waals surface area contributed by atoms with E-state index >= 15 is 0 Å². The molecule has 0 aliphatic heterocycles. The molecule has 0 saturated carbocycles. The smallest absolute Gasteiger partial charge is 0.232 e. The van der Waals surface area contributed by atoms with E-state index in [0.717, 1.165) is 5.69 Å². The van der Waals surface area contributed by atoms with Crippen LogP contribution in [0, 0.1) is 12.7 Å². The van der Waals surface area contributed by atoms with Crippen LogP contribution in [-0.2, 0) is 0 Å². The number of hydrogen-bond donors (Lipinski definition) is 0. The van der Waals surface area contributed by atoms with Gasteiger partial charge in [-0.2, -0.15) is 0 Å². The maximum Gasteiger partial charge on any atom is 0.232 e. The van der Waals surface area contributed by atoms with Crippen molar-refractivity contribution >= 4 is 22.4 Å². The Kier molecular flexibility index (Phi) is 2.59. The van der Waals surface area contributed by atoms with Gasteiger partial charge in [0.05, 0.1) is 0 Å². The van der Waals surface area contributed by atoms with Gasteiger partial charge in [-0.15, -0.1) is 0 Å². The molecule has 0 aliphatic carbocycles. The van der Waals surface area contributed by atoms with E-state index in [1.807, 2.05) is 11.9 Å². The summed E-state index contributed by atoms with van der Waals surface area (Å²) in [4.78, 5) is 1.82. The summed E-state index contributed by atoms with van der Waals surface area (Å²) in [5, 5.41) is 8.03. The standard InChI is InChI=1S/C9H9FN4S/c1-6-5-7(3-4-8(6)10)14(2)9-11-12-13-15-9/h3-5H,1-2H3. The van der Waals surface area contributed by atoms with Crippen LogP contribution in [0.15, 0.2) is 18.2 Å². The molecule has 78 valence electrons. The molecule has 1 aromatic heterocycles. The first-order valence-corrected chi connectivity index (χ1v) is 5.11. The molecule has 0 unspecified atom stereocenters. The third kappa shape index (κ3) is 1.94. The predicted octanol–water partition coefficient (Wildman–Crippen LogP) is 2.15. The third-order valence-corrected chi connectivity index (χ3v) is 2.78. The molecule has 0 saturated heterocycles. The van der Waals surface area contributed by atoms with Crippen LogP contribution in [0.5, 0.6) is 0 Å². The number of benzene rings is 1. The van der Waals surface area contributed by atoms with E-state index in [-0.39, 0.29) is 5.82 Å². The molecule has 0 amide bonds. The average molecular weight is 224 g/mol. The summed E-state index contributed by atoms with van der Waals surface area (Å²) in [6.45, 7) is 1.73. The van der Waals surface area contributed by atoms with Gasteiger partial charge in [0.25, 0.3) is 0 Å². The number of anilines is 2. The molecule has 4 nitrogen and oxygen atoms in total. The average Bonchev–Trinajstić information content (AvgIpc) is 2.74. The fourth-order valence-electron chi connectivity index (χ4n) is 1.21. The zero-order valence-electron chi connectivity index (χ0n) is 8.31. The predicted molar refractivity (Wildman–Crippen MR) is 56.9 cm³/mol. The molecule has 2 rings (SSSR count). The van der Waals surface area contributed by atoms with Crippen molar-refractivity contribution in [3.63, 3.8) is 0 Å². The van der Waals surface area contributed by atoms with Crippen LogP contribution in [-0.4, -0.2) is 21.8 Å². The highest BCUT2D eigenvalue weighted by Gasteiger charge is 2.09. The number of aryl methyl sites for hydroxylation is 1. The van der Waals surface area contributed by atoms with Crippen molar-refractivity contribution in [1.29, 1.82) is 0 Å². The van der Waals surface area contributed by atoms with Gasteiger partial charge in [-0.1, -0.05) is 9.59 Å². The van der Waals surface area contributed by atoms with Crippen molar-refractivity contribution in [3.8, 4) is 0 Å². The monoisotopic (exact) mass is 224 g/mol. The van der Waals surface area contributed by atoms with Crippen molar-refractivity contribution < 1.29 is 4.39 Å². The van der Waals surface area contributed by atoms with Gasteiger partial charge in [0.2, 0.25) is 5.13 Å². The van der Waals surface area contributed by atoms with E-state index in [9.17, 15) is 4.39 Å². The Hall–Kier alpha value is -1.56. The summed E-state index contributed by atoms with van der Waals surface area (Å²) >= 11 is 1.20. The Morgan fingerprint density at radius 3 is 2.80 bits per heavy atom. The van der Waals surface area contributed by atoms with E-state index in [1.54, 1.807) is 19.1 Å². The summed E-state index contributed by atoms with van der Waals surface area (Å²) < 4.78 is 16.7. The summed E-state index contributed by atoms with van der Waals surface area (Å²) in [7, 11) is 1.84. The molecule has 15 heavy (non-hydrogen) atoms. The molecule has 0 N–H and O–H groups in total. The zero-order valence-corrected chi connectivity index (χ0v) is 9.12. The molecule has 6 heteroatoms. The quantitative estimate of drug-likeness (QED) is 0.783. The molecule has 0 fully saturated rings. The van der Waals surface area contributed by atoms with Crippen molar-refractivity contribution in [3.05, 3.63) is 29.6 Å².